The average Bonchev–Trinajstić information content (AvgIpc) is 2.87. The van der Waals surface area contributed by atoms with E-state index in [0.717, 1.165) is 34.2 Å². The predicted molar refractivity (Wildman–Crippen MR) is 83.1 cm³/mol. The molecule has 2 rings (SSSR count). The van der Waals surface area contributed by atoms with E-state index in [1.54, 1.807) is 11.3 Å². The molecule has 0 radical (unpaired) electrons. The van der Waals surface area contributed by atoms with Gasteiger partial charge in [0.05, 0.1) is 9.98 Å². The Morgan fingerprint density at radius 3 is 2.89 bits per heavy atom. The van der Waals surface area contributed by atoms with Crippen molar-refractivity contribution in [2.24, 2.45) is 0 Å². The summed E-state index contributed by atoms with van der Waals surface area (Å²) in [4.78, 5) is 1.34. The van der Waals surface area contributed by atoms with Crippen molar-refractivity contribution in [2.45, 2.75) is 26.3 Å². The number of aromatic amines is 1. The van der Waals surface area contributed by atoms with Gasteiger partial charge in [-0.15, -0.1) is 11.3 Å². The zero-order chi connectivity index (χ0) is 13.0. The molecule has 2 N–H and O–H groups in total. The maximum absolute atomic E-state index is 4.03. The Morgan fingerprint density at radius 1 is 1.44 bits per heavy atom. The van der Waals surface area contributed by atoms with Crippen molar-refractivity contribution in [3.63, 3.8) is 0 Å². The molecule has 3 nitrogen and oxygen atoms in total. The van der Waals surface area contributed by atoms with E-state index in [2.05, 4.69) is 60.4 Å². The second kappa shape index (κ2) is 6.84. The van der Waals surface area contributed by atoms with E-state index in [0.29, 0.717) is 0 Å². The molecule has 0 saturated carbocycles. The van der Waals surface area contributed by atoms with Gasteiger partial charge in [0.2, 0.25) is 0 Å². The molecule has 98 valence electrons. The van der Waals surface area contributed by atoms with Crippen LogP contribution in [0.15, 0.2) is 20.5 Å². The molecular formula is C12H15Br2N3S. The van der Waals surface area contributed by atoms with Gasteiger partial charge in [0, 0.05) is 21.6 Å². The summed E-state index contributed by atoms with van der Waals surface area (Å²) in [6, 6.07) is 2.15. The lowest BCUT2D eigenvalue weighted by molar-refractivity contribution is 0.653. The minimum Gasteiger partial charge on any atom is -0.312 e. The van der Waals surface area contributed by atoms with Crippen LogP contribution in [0.5, 0.6) is 0 Å². The molecule has 0 fully saturated rings. The minimum atomic E-state index is 0.930. The number of aromatic nitrogens is 2. The number of nitrogens with zero attached hydrogens (tertiary/aromatic N) is 1. The molecule has 6 heteroatoms. The molecule has 0 bridgehead atoms. The van der Waals surface area contributed by atoms with Crippen LogP contribution in [0.25, 0.3) is 0 Å². The van der Waals surface area contributed by atoms with E-state index in [1.165, 1.54) is 16.1 Å². The fourth-order valence-corrected chi connectivity index (χ4v) is 3.87. The lowest BCUT2D eigenvalue weighted by Gasteiger charge is -2.02. The first-order valence-corrected chi connectivity index (χ1v) is 8.20. The third-order valence-corrected chi connectivity index (χ3v) is 5.99. The van der Waals surface area contributed by atoms with E-state index in [-0.39, 0.29) is 0 Å². The molecule has 18 heavy (non-hydrogen) atoms. The monoisotopic (exact) mass is 391 g/mol. The predicted octanol–water partition coefficient (Wildman–Crippen LogP) is 4.03. The molecule has 2 aromatic heterocycles. The molecule has 2 aromatic rings. The lowest BCUT2D eigenvalue weighted by atomic mass is 10.1. The SMILES string of the molecule is Cc1[nH]ncc1CCCNCc1cc(Br)c(Br)s1. The van der Waals surface area contributed by atoms with Gasteiger partial charge in [0.15, 0.2) is 0 Å². The van der Waals surface area contributed by atoms with Crippen LogP contribution in [0.2, 0.25) is 0 Å². The van der Waals surface area contributed by atoms with Crippen LogP contribution in [0.4, 0.5) is 0 Å². The van der Waals surface area contributed by atoms with Gasteiger partial charge in [-0.25, -0.2) is 0 Å². The summed E-state index contributed by atoms with van der Waals surface area (Å²) in [7, 11) is 0. The van der Waals surface area contributed by atoms with Crippen molar-refractivity contribution < 1.29 is 0 Å². The van der Waals surface area contributed by atoms with E-state index in [1.807, 2.05) is 6.20 Å². The Morgan fingerprint density at radius 2 is 2.28 bits per heavy atom. The quantitative estimate of drug-likeness (QED) is 0.728. The highest BCUT2D eigenvalue weighted by molar-refractivity contribution is 9.13. The lowest BCUT2D eigenvalue weighted by Crippen LogP contribution is -2.14. The maximum Gasteiger partial charge on any atom is 0.0843 e. The number of hydrogen-bond acceptors (Lipinski definition) is 3. The van der Waals surface area contributed by atoms with Crippen molar-refractivity contribution in [2.75, 3.05) is 6.54 Å². The Labute approximate surface area is 128 Å². The van der Waals surface area contributed by atoms with Gasteiger partial charge in [-0.05, 0) is 69.8 Å². The molecule has 0 aliphatic carbocycles. The maximum atomic E-state index is 4.03. The van der Waals surface area contributed by atoms with Gasteiger partial charge < -0.3 is 5.32 Å². The molecule has 0 atom stereocenters. The number of aryl methyl sites for hydroxylation is 2. The molecule has 0 aliphatic rings. The van der Waals surface area contributed by atoms with Crippen LogP contribution < -0.4 is 5.32 Å². The van der Waals surface area contributed by atoms with E-state index in [4.69, 9.17) is 0 Å². The summed E-state index contributed by atoms with van der Waals surface area (Å²) in [5, 5.41) is 10.5. The molecule has 0 unspecified atom stereocenters. The summed E-state index contributed by atoms with van der Waals surface area (Å²) in [5.74, 6) is 0. The first-order valence-electron chi connectivity index (χ1n) is 5.80. The van der Waals surface area contributed by atoms with Gasteiger partial charge >= 0.3 is 0 Å². The van der Waals surface area contributed by atoms with Crippen LogP contribution in [-0.2, 0) is 13.0 Å². The van der Waals surface area contributed by atoms with Crippen LogP contribution in [0.3, 0.4) is 0 Å². The van der Waals surface area contributed by atoms with Gasteiger partial charge in [-0.2, -0.15) is 5.10 Å². The summed E-state index contributed by atoms with van der Waals surface area (Å²) in [5.41, 5.74) is 2.50. The third-order valence-electron chi connectivity index (χ3n) is 2.73. The van der Waals surface area contributed by atoms with Crippen molar-refractivity contribution in [3.8, 4) is 0 Å². The fourth-order valence-electron chi connectivity index (χ4n) is 1.72. The normalized spacial score (nSPS) is 11.1. The van der Waals surface area contributed by atoms with E-state index in [9.17, 15) is 0 Å². The van der Waals surface area contributed by atoms with Crippen molar-refractivity contribution >= 4 is 43.2 Å². The van der Waals surface area contributed by atoms with E-state index < -0.39 is 0 Å². The third kappa shape index (κ3) is 3.91. The largest absolute Gasteiger partial charge is 0.312 e. The highest BCUT2D eigenvalue weighted by Gasteiger charge is 2.03. The van der Waals surface area contributed by atoms with Crippen LogP contribution >= 0.6 is 43.2 Å². The van der Waals surface area contributed by atoms with Crippen molar-refractivity contribution in [1.82, 2.24) is 15.5 Å². The van der Waals surface area contributed by atoms with Gasteiger partial charge in [-0.3, -0.25) is 5.10 Å². The zero-order valence-electron chi connectivity index (χ0n) is 10.1. The topological polar surface area (TPSA) is 40.7 Å². The number of halogens is 2. The zero-order valence-corrected chi connectivity index (χ0v) is 14.1. The summed E-state index contributed by atoms with van der Waals surface area (Å²) in [6.07, 6.45) is 4.13. The Kier molecular flexibility index (Phi) is 5.41. The Hall–Kier alpha value is -0.170. The highest BCUT2D eigenvalue weighted by Crippen LogP contribution is 2.32. The fraction of sp³-hybridized carbons (Fsp3) is 0.417. The van der Waals surface area contributed by atoms with E-state index >= 15 is 0 Å². The first kappa shape index (κ1) is 14.2. The average molecular weight is 393 g/mol. The molecule has 0 amide bonds. The first-order chi connectivity index (χ1) is 8.66. The molecule has 0 saturated heterocycles. The molecule has 0 aromatic carbocycles. The number of thiophene rings is 1. The number of H-pyrrole nitrogens is 1. The summed E-state index contributed by atoms with van der Waals surface area (Å²) < 4.78 is 2.30. The summed E-state index contributed by atoms with van der Waals surface area (Å²) >= 11 is 8.77. The second-order valence-electron chi connectivity index (χ2n) is 4.13. The highest BCUT2D eigenvalue weighted by atomic mass is 79.9. The van der Waals surface area contributed by atoms with Gasteiger partial charge in [0.25, 0.3) is 0 Å². The molecular weight excluding hydrogens is 378 g/mol. The molecule has 0 aliphatic heterocycles. The van der Waals surface area contributed by atoms with Crippen LogP contribution in [0, 0.1) is 6.92 Å². The number of rotatable bonds is 6. The smallest absolute Gasteiger partial charge is 0.0843 e. The molecule has 0 spiro atoms. The Balaban J connectivity index is 1.66. The van der Waals surface area contributed by atoms with Crippen molar-refractivity contribution in [1.29, 1.82) is 0 Å². The van der Waals surface area contributed by atoms with Crippen LogP contribution in [0.1, 0.15) is 22.6 Å². The number of nitrogens with one attached hydrogen (secondary N) is 2. The second-order valence-corrected chi connectivity index (χ2v) is 7.44. The molecule has 2 heterocycles. The number of hydrogen-bond donors (Lipinski definition) is 2. The summed E-state index contributed by atoms with van der Waals surface area (Å²) in [6.45, 7) is 4.02. The van der Waals surface area contributed by atoms with Crippen LogP contribution in [-0.4, -0.2) is 16.7 Å². The minimum absolute atomic E-state index is 0.930. The van der Waals surface area contributed by atoms with Crippen molar-refractivity contribution in [3.05, 3.63) is 36.7 Å². The van der Waals surface area contributed by atoms with Gasteiger partial charge in [0.1, 0.15) is 0 Å². The standard InChI is InChI=1S/C12H15Br2N3S/c1-8-9(6-16-17-8)3-2-4-15-7-10-5-11(13)12(14)18-10/h5-6,15H,2-4,7H2,1H3,(H,16,17). The Bertz CT molecular complexity index is 488. The van der Waals surface area contributed by atoms with Gasteiger partial charge in [-0.1, -0.05) is 0 Å².